The van der Waals surface area contributed by atoms with Crippen molar-refractivity contribution in [1.29, 1.82) is 0 Å². The third kappa shape index (κ3) is 8.09. The van der Waals surface area contributed by atoms with Crippen LogP contribution in [0.4, 0.5) is 9.59 Å². The number of nitrogens with one attached hydrogen (secondary N) is 1. The highest BCUT2D eigenvalue weighted by Crippen LogP contribution is 2.22. The summed E-state index contributed by atoms with van der Waals surface area (Å²) < 4.78 is 5.23. The average Bonchev–Trinajstić information content (AvgIpc) is 2.46. The van der Waals surface area contributed by atoms with Crippen LogP contribution < -0.4 is 5.32 Å². The number of rotatable bonds is 7. The van der Waals surface area contributed by atoms with Crippen LogP contribution in [0.2, 0.25) is 0 Å². The minimum atomic E-state index is -0.772. The topological polar surface area (TPSA) is 79.0 Å². The summed E-state index contributed by atoms with van der Waals surface area (Å²) in [6.07, 6.45) is 2.45. The molecule has 0 aromatic heterocycles. The molecule has 1 heterocycles. The largest absolute Gasteiger partial charge is 0.444 e. The quantitative estimate of drug-likeness (QED) is 0.390. The molecule has 0 spiro atoms. The number of likely N-dealkylation sites (tertiary alicyclic amines) is 1. The Hall–Kier alpha value is -1.93. The van der Waals surface area contributed by atoms with Gasteiger partial charge in [0.25, 0.3) is 0 Å². The molecule has 0 aromatic rings. The zero-order valence-corrected chi connectivity index (χ0v) is 17.7. The van der Waals surface area contributed by atoms with Crippen molar-refractivity contribution in [2.45, 2.75) is 38.8 Å². The van der Waals surface area contributed by atoms with E-state index in [0.29, 0.717) is 18.0 Å². The molecule has 0 saturated carbocycles. The Morgan fingerprint density at radius 3 is 2.44 bits per heavy atom. The van der Waals surface area contributed by atoms with Crippen LogP contribution in [0.1, 0.15) is 27.7 Å². The third-order valence-electron chi connectivity index (χ3n) is 3.44. The van der Waals surface area contributed by atoms with E-state index >= 15 is 0 Å². The molecule has 1 aliphatic heterocycles. The van der Waals surface area contributed by atoms with Crippen molar-refractivity contribution in [1.82, 2.24) is 15.1 Å². The first-order valence-corrected chi connectivity index (χ1v) is 9.51. The molecule has 0 atom stereocenters. The number of alkyl carbamates (subject to hydrolysis) is 1. The Labute approximate surface area is 169 Å². The molecular formula is C18H26ClN3O4S. The van der Waals surface area contributed by atoms with E-state index in [1.807, 2.05) is 6.92 Å². The van der Waals surface area contributed by atoms with Crippen molar-refractivity contribution >= 4 is 40.7 Å². The van der Waals surface area contributed by atoms with E-state index in [-0.39, 0.29) is 12.5 Å². The number of ether oxygens (including phenoxy) is 1. The van der Waals surface area contributed by atoms with E-state index in [0.717, 1.165) is 4.90 Å². The minimum Gasteiger partial charge on any atom is -0.444 e. The highest BCUT2D eigenvalue weighted by atomic mass is 35.5. The maximum atomic E-state index is 12.4. The summed E-state index contributed by atoms with van der Waals surface area (Å²) in [5.41, 5.74) is -1.17. The van der Waals surface area contributed by atoms with E-state index < -0.39 is 22.6 Å². The van der Waals surface area contributed by atoms with E-state index in [1.54, 1.807) is 32.3 Å². The van der Waals surface area contributed by atoms with Crippen LogP contribution in [0.15, 0.2) is 35.7 Å². The smallest absolute Gasteiger partial charge is 0.408 e. The molecule has 0 radical (unpaired) electrons. The van der Waals surface area contributed by atoms with E-state index in [9.17, 15) is 14.4 Å². The maximum Gasteiger partial charge on any atom is 0.408 e. The molecule has 27 heavy (non-hydrogen) atoms. The molecule has 0 aliphatic carbocycles. The molecule has 1 N–H and O–H groups in total. The monoisotopic (exact) mass is 415 g/mol. The lowest BCUT2D eigenvalue weighted by molar-refractivity contribution is -0.139. The summed E-state index contributed by atoms with van der Waals surface area (Å²) in [5, 5.41) is 3.59. The standard InChI is InChI=1S/C18H26ClN3O4S/c1-7-27-13(2)8-9-21(15(19)24)10-14(23)22-11-18(6,12-22)20-16(25)26-17(3,4)5/h7-9H,1-2,10-12H2,3-6H3,(H,20,25)/b9-8-. The Balaban J connectivity index is 2.56. The molecule has 150 valence electrons. The molecule has 1 saturated heterocycles. The second-order valence-corrected chi connectivity index (χ2v) is 8.80. The number of nitrogens with zero attached hydrogens (tertiary/aromatic N) is 2. The van der Waals surface area contributed by atoms with Crippen molar-refractivity contribution in [3.8, 4) is 0 Å². The fourth-order valence-corrected chi connectivity index (χ4v) is 2.81. The van der Waals surface area contributed by atoms with Gasteiger partial charge in [0.05, 0.1) is 5.54 Å². The third-order valence-corrected chi connectivity index (χ3v) is 4.26. The van der Waals surface area contributed by atoms with Crippen LogP contribution in [0.5, 0.6) is 0 Å². The van der Waals surface area contributed by atoms with Gasteiger partial charge in [0.2, 0.25) is 5.91 Å². The summed E-state index contributed by atoms with van der Waals surface area (Å²) in [6.45, 7) is 14.9. The average molecular weight is 416 g/mol. The van der Waals surface area contributed by atoms with Gasteiger partial charge in [-0.1, -0.05) is 24.9 Å². The van der Waals surface area contributed by atoms with Gasteiger partial charge in [-0.2, -0.15) is 0 Å². The van der Waals surface area contributed by atoms with Gasteiger partial charge in [-0.15, -0.1) is 0 Å². The van der Waals surface area contributed by atoms with E-state index in [4.69, 9.17) is 16.3 Å². The fourth-order valence-electron chi connectivity index (χ4n) is 2.34. The van der Waals surface area contributed by atoms with Gasteiger partial charge in [-0.25, -0.2) is 4.79 Å². The van der Waals surface area contributed by atoms with Gasteiger partial charge in [0.1, 0.15) is 12.1 Å². The molecule has 0 aromatic carbocycles. The van der Waals surface area contributed by atoms with Crippen LogP contribution in [0.25, 0.3) is 0 Å². The lowest BCUT2D eigenvalue weighted by Gasteiger charge is -2.48. The predicted octanol–water partition coefficient (Wildman–Crippen LogP) is 3.68. The second-order valence-electron chi connectivity index (χ2n) is 7.38. The molecule has 1 fully saturated rings. The second kappa shape index (κ2) is 9.32. The van der Waals surface area contributed by atoms with E-state index in [1.165, 1.54) is 22.9 Å². The van der Waals surface area contributed by atoms with Gasteiger partial charge < -0.3 is 15.0 Å². The summed E-state index contributed by atoms with van der Waals surface area (Å²) in [4.78, 5) is 39.0. The van der Waals surface area contributed by atoms with Crippen LogP contribution >= 0.6 is 23.4 Å². The molecule has 3 amide bonds. The zero-order chi connectivity index (χ0) is 20.8. The number of hydrogen-bond donors (Lipinski definition) is 1. The summed E-state index contributed by atoms with van der Waals surface area (Å²) >= 11 is 6.82. The van der Waals surface area contributed by atoms with Gasteiger partial charge in [-0.05, 0) is 50.8 Å². The van der Waals surface area contributed by atoms with Crippen molar-refractivity contribution in [2.75, 3.05) is 19.6 Å². The van der Waals surface area contributed by atoms with Gasteiger partial charge in [0.15, 0.2) is 0 Å². The highest BCUT2D eigenvalue weighted by Gasteiger charge is 2.43. The number of halogens is 1. The van der Waals surface area contributed by atoms with Crippen LogP contribution in [0, 0.1) is 0 Å². The molecule has 0 unspecified atom stereocenters. The fraction of sp³-hybridized carbons (Fsp3) is 0.500. The number of allylic oxidation sites excluding steroid dienone is 1. The SMILES string of the molecule is C=CSC(=C)/C=C\N(CC(=O)N1CC(C)(NC(=O)OC(C)(C)C)C1)C(=O)Cl. The minimum absolute atomic E-state index is 0.201. The highest BCUT2D eigenvalue weighted by molar-refractivity contribution is 8.05. The Morgan fingerprint density at radius 2 is 1.96 bits per heavy atom. The number of thioether (sulfide) groups is 1. The number of carbonyl (C=O) groups is 3. The predicted molar refractivity (Wildman–Crippen MR) is 108 cm³/mol. The number of amides is 3. The summed E-state index contributed by atoms with van der Waals surface area (Å²) in [7, 11) is 0. The Kier molecular flexibility index (Phi) is 7.98. The Bertz CT molecular complexity index is 651. The summed E-state index contributed by atoms with van der Waals surface area (Å²) in [6, 6.07) is 0. The first-order valence-electron chi connectivity index (χ1n) is 8.25. The summed E-state index contributed by atoms with van der Waals surface area (Å²) in [5.74, 6) is -0.279. The molecule has 9 heteroatoms. The molecule has 1 aliphatic rings. The first kappa shape index (κ1) is 23.1. The van der Waals surface area contributed by atoms with E-state index in [2.05, 4.69) is 18.5 Å². The molecule has 0 bridgehead atoms. The van der Waals surface area contributed by atoms with Crippen molar-refractivity contribution in [3.05, 3.63) is 35.7 Å². The normalized spacial score (nSPS) is 15.7. The lowest BCUT2D eigenvalue weighted by Crippen LogP contribution is -2.70. The molecular weight excluding hydrogens is 390 g/mol. The molecule has 1 rings (SSSR count). The van der Waals surface area contributed by atoms with Crippen LogP contribution in [-0.4, -0.2) is 57.9 Å². The zero-order valence-electron chi connectivity index (χ0n) is 16.1. The van der Waals surface area contributed by atoms with Gasteiger partial charge >= 0.3 is 11.5 Å². The molecule has 7 nitrogen and oxygen atoms in total. The van der Waals surface area contributed by atoms with Crippen molar-refractivity contribution < 1.29 is 19.1 Å². The number of hydrogen-bond acceptors (Lipinski definition) is 5. The number of carbonyl (C=O) groups excluding carboxylic acids is 3. The first-order chi connectivity index (χ1) is 12.3. The van der Waals surface area contributed by atoms with Gasteiger partial charge in [0, 0.05) is 24.2 Å². The van der Waals surface area contributed by atoms with Gasteiger partial charge in [-0.3, -0.25) is 14.5 Å². The Morgan fingerprint density at radius 1 is 1.37 bits per heavy atom. The van der Waals surface area contributed by atoms with Crippen molar-refractivity contribution in [2.24, 2.45) is 0 Å². The van der Waals surface area contributed by atoms with Crippen LogP contribution in [-0.2, 0) is 9.53 Å². The maximum absolute atomic E-state index is 12.4. The van der Waals surface area contributed by atoms with Crippen LogP contribution in [0.3, 0.4) is 0 Å². The van der Waals surface area contributed by atoms with Crippen molar-refractivity contribution in [3.63, 3.8) is 0 Å². The lowest BCUT2D eigenvalue weighted by atomic mass is 9.92.